The van der Waals surface area contributed by atoms with Crippen molar-refractivity contribution in [3.63, 3.8) is 0 Å². The van der Waals surface area contributed by atoms with E-state index >= 15 is 0 Å². The number of hydrogen-bond acceptors (Lipinski definition) is 0. The topological polar surface area (TPSA) is 36.4 Å². The predicted molar refractivity (Wildman–Crippen MR) is 75.5 cm³/mol. The largest absolute Gasteiger partial charge is 0.361 e. The lowest BCUT2D eigenvalue weighted by Gasteiger charge is -2.14. The number of benzene rings is 1. The number of hydrogen-bond donors (Lipinski definition) is 0. The third kappa shape index (κ3) is 3.05. The van der Waals surface area contributed by atoms with E-state index in [1.807, 2.05) is 13.8 Å². The second-order valence-electron chi connectivity index (χ2n) is 4.98. The Bertz CT molecular complexity index is 469. The highest BCUT2D eigenvalue weighted by molar-refractivity contribution is 9.10. The average Bonchev–Trinajstić information content (AvgIpc) is 2.20. The van der Waals surface area contributed by atoms with Gasteiger partial charge in [-0.3, -0.25) is 0 Å². The third-order valence-corrected chi connectivity index (χ3v) is 3.32. The highest BCUT2D eigenvalue weighted by Gasteiger charge is 2.24. The minimum absolute atomic E-state index is 0.206. The summed E-state index contributed by atoms with van der Waals surface area (Å²) >= 11 is 3.52. The van der Waals surface area contributed by atoms with E-state index in [9.17, 15) is 5.53 Å². The van der Waals surface area contributed by atoms with E-state index in [1.165, 1.54) is 5.56 Å². The van der Waals surface area contributed by atoms with Crippen LogP contribution in [0.25, 0.3) is 5.53 Å². The number of rotatable bonds is 3. The van der Waals surface area contributed by atoms with Crippen molar-refractivity contribution in [2.75, 3.05) is 0 Å². The molecule has 92 valence electrons. The predicted octanol–water partition coefficient (Wildman–Crippen LogP) is 4.56. The van der Waals surface area contributed by atoms with Gasteiger partial charge in [-0.1, -0.05) is 43.6 Å². The average molecular weight is 295 g/mol. The van der Waals surface area contributed by atoms with Crippen LogP contribution in [0.5, 0.6) is 0 Å². The van der Waals surface area contributed by atoms with Crippen LogP contribution < -0.4 is 0 Å². The summed E-state index contributed by atoms with van der Waals surface area (Å²) < 4.78 is 1.07. The Morgan fingerprint density at radius 2 is 1.82 bits per heavy atom. The van der Waals surface area contributed by atoms with Crippen LogP contribution in [0.1, 0.15) is 50.3 Å². The van der Waals surface area contributed by atoms with E-state index < -0.39 is 0 Å². The van der Waals surface area contributed by atoms with Crippen molar-refractivity contribution in [2.24, 2.45) is 5.92 Å². The summed E-state index contributed by atoms with van der Waals surface area (Å²) in [6.45, 7) is 10.4. The van der Waals surface area contributed by atoms with Crippen LogP contribution in [0.15, 0.2) is 16.6 Å². The maximum atomic E-state index is 9.23. The lowest BCUT2D eigenvalue weighted by Crippen LogP contribution is -2.15. The van der Waals surface area contributed by atoms with E-state index in [2.05, 4.69) is 53.6 Å². The van der Waals surface area contributed by atoms with Crippen LogP contribution in [0, 0.1) is 12.8 Å². The Hall–Kier alpha value is -0.920. The van der Waals surface area contributed by atoms with Crippen molar-refractivity contribution >= 4 is 21.6 Å². The van der Waals surface area contributed by atoms with Gasteiger partial charge in [0.2, 0.25) is 0 Å². The van der Waals surface area contributed by atoms with Crippen molar-refractivity contribution in [3.05, 3.63) is 38.8 Å². The van der Waals surface area contributed by atoms with Crippen LogP contribution in [0.2, 0.25) is 0 Å². The van der Waals surface area contributed by atoms with Crippen molar-refractivity contribution in [1.29, 1.82) is 0 Å². The van der Waals surface area contributed by atoms with Gasteiger partial charge >= 0.3 is 5.71 Å². The molecule has 0 spiro atoms. The minimum atomic E-state index is 0.206. The summed E-state index contributed by atoms with van der Waals surface area (Å²) in [5.74, 6) is 0.606. The number of aryl methyl sites for hydroxylation is 1. The lowest BCUT2D eigenvalue weighted by atomic mass is 9.87. The molecular formula is C14H19BrN2. The smallest absolute Gasteiger partial charge is 0.302 e. The van der Waals surface area contributed by atoms with Gasteiger partial charge in [-0.2, -0.15) is 4.79 Å². The molecule has 0 N–H and O–H groups in total. The van der Waals surface area contributed by atoms with Gasteiger partial charge in [0, 0.05) is 4.47 Å². The molecule has 1 aromatic carbocycles. The van der Waals surface area contributed by atoms with E-state index in [4.69, 9.17) is 0 Å². The van der Waals surface area contributed by atoms with E-state index in [0.29, 0.717) is 5.92 Å². The van der Waals surface area contributed by atoms with Crippen molar-refractivity contribution < 1.29 is 4.79 Å². The zero-order chi connectivity index (χ0) is 13.2. The van der Waals surface area contributed by atoms with Crippen molar-refractivity contribution in [3.8, 4) is 0 Å². The molecule has 0 atom stereocenters. The molecule has 0 fully saturated rings. The van der Waals surface area contributed by atoms with Gasteiger partial charge in [-0.05, 0) is 36.1 Å². The molecule has 2 nitrogen and oxygen atoms in total. The summed E-state index contributed by atoms with van der Waals surface area (Å²) in [7, 11) is 0. The maximum Gasteiger partial charge on any atom is 0.302 e. The number of halogens is 1. The van der Waals surface area contributed by atoms with Gasteiger partial charge in [0.25, 0.3) is 0 Å². The molecule has 0 heterocycles. The first-order valence-electron chi connectivity index (χ1n) is 5.90. The SMILES string of the molecule is Cc1cc(Br)cc(C(C)C)c1C(=[N+]=[N-])C(C)C. The first-order valence-corrected chi connectivity index (χ1v) is 6.70. The molecule has 0 saturated heterocycles. The second-order valence-corrected chi connectivity index (χ2v) is 5.90. The summed E-state index contributed by atoms with van der Waals surface area (Å²) in [5, 5.41) is 0. The van der Waals surface area contributed by atoms with Gasteiger partial charge in [0.1, 0.15) is 0 Å². The van der Waals surface area contributed by atoms with E-state index in [1.54, 1.807) is 0 Å². The normalized spacial score (nSPS) is 10.8. The molecule has 0 aliphatic carbocycles. The van der Waals surface area contributed by atoms with E-state index in [-0.39, 0.29) is 5.92 Å². The Balaban J connectivity index is 3.56. The highest BCUT2D eigenvalue weighted by Crippen LogP contribution is 2.28. The monoisotopic (exact) mass is 294 g/mol. The summed E-state index contributed by atoms with van der Waals surface area (Å²) in [6, 6.07) is 4.18. The van der Waals surface area contributed by atoms with Gasteiger partial charge in [-0.15, -0.1) is 0 Å². The lowest BCUT2D eigenvalue weighted by molar-refractivity contribution is -0.0103. The molecule has 1 rings (SSSR count). The zero-order valence-corrected chi connectivity index (χ0v) is 12.7. The molecule has 3 heteroatoms. The fourth-order valence-corrected chi connectivity index (χ4v) is 2.62. The number of nitrogens with zero attached hydrogens (tertiary/aromatic N) is 2. The van der Waals surface area contributed by atoms with Crippen LogP contribution in [-0.2, 0) is 0 Å². The Kier molecular flexibility index (Phi) is 4.67. The Labute approximate surface area is 112 Å². The molecule has 0 aromatic heterocycles. The van der Waals surface area contributed by atoms with Crippen LogP contribution in [0.3, 0.4) is 0 Å². The second kappa shape index (κ2) is 5.61. The van der Waals surface area contributed by atoms with Crippen molar-refractivity contribution in [1.82, 2.24) is 0 Å². The summed E-state index contributed by atoms with van der Waals surface area (Å²) in [4.78, 5) is 3.49. The molecular weight excluding hydrogens is 276 g/mol. The Morgan fingerprint density at radius 1 is 1.24 bits per heavy atom. The van der Waals surface area contributed by atoms with Crippen LogP contribution >= 0.6 is 15.9 Å². The standard InChI is InChI=1S/C14H19BrN2/c1-8(2)12-7-11(15)6-10(5)13(12)14(17-16)9(3)4/h6-9H,1-5H3. The molecule has 0 bridgehead atoms. The first-order chi connectivity index (χ1) is 7.88. The van der Waals surface area contributed by atoms with Crippen LogP contribution in [0.4, 0.5) is 0 Å². The Morgan fingerprint density at radius 3 is 2.24 bits per heavy atom. The fourth-order valence-electron chi connectivity index (χ4n) is 2.03. The summed E-state index contributed by atoms with van der Waals surface area (Å²) in [5.41, 5.74) is 13.4. The van der Waals surface area contributed by atoms with E-state index in [0.717, 1.165) is 21.3 Å². The van der Waals surface area contributed by atoms with Gasteiger partial charge < -0.3 is 5.53 Å². The quantitative estimate of drug-likeness (QED) is 0.445. The maximum absolute atomic E-state index is 9.23. The molecule has 0 aliphatic heterocycles. The van der Waals surface area contributed by atoms with Crippen molar-refractivity contribution in [2.45, 2.75) is 40.5 Å². The minimum Gasteiger partial charge on any atom is -0.361 e. The molecule has 0 saturated carbocycles. The van der Waals surface area contributed by atoms with Gasteiger partial charge in [0.15, 0.2) is 0 Å². The van der Waals surface area contributed by atoms with Crippen LogP contribution in [-0.4, -0.2) is 10.5 Å². The molecule has 1 aromatic rings. The molecule has 17 heavy (non-hydrogen) atoms. The molecule has 0 unspecified atom stereocenters. The zero-order valence-electron chi connectivity index (χ0n) is 11.1. The third-order valence-electron chi connectivity index (χ3n) is 2.86. The van der Waals surface area contributed by atoms with Gasteiger partial charge in [0.05, 0.1) is 11.5 Å². The molecule has 0 radical (unpaired) electrons. The van der Waals surface area contributed by atoms with Gasteiger partial charge in [-0.25, -0.2) is 0 Å². The first kappa shape index (κ1) is 14.1. The molecule has 0 aliphatic rings. The summed E-state index contributed by atoms with van der Waals surface area (Å²) in [6.07, 6.45) is 0. The molecule has 0 amide bonds. The highest BCUT2D eigenvalue weighted by atomic mass is 79.9. The fraction of sp³-hybridized carbons (Fsp3) is 0.500.